The average molecular weight is 138 g/mol. The molecule has 0 saturated heterocycles. The average Bonchev–Trinajstić information content (AvgIpc) is 1.99. The summed E-state index contributed by atoms with van der Waals surface area (Å²) >= 11 is 0. The first-order valence-corrected chi connectivity index (χ1v) is 4.16. The molecule has 0 amide bonds. The second-order valence-corrected chi connectivity index (χ2v) is 3.16. The lowest BCUT2D eigenvalue weighted by Gasteiger charge is -2.08. The standard InChI is InChI=1S/C10H18/c1-5-9(3)7-8-10(4)6-2/h1,9-10H,6-8H2,2-4H3. The van der Waals surface area contributed by atoms with E-state index in [0.29, 0.717) is 5.92 Å². The molecule has 0 nitrogen and oxygen atoms in total. The van der Waals surface area contributed by atoms with Crippen LogP contribution < -0.4 is 0 Å². The molecule has 0 aliphatic heterocycles. The zero-order valence-corrected chi connectivity index (χ0v) is 7.35. The molecular weight excluding hydrogens is 120 g/mol. The largest absolute Gasteiger partial charge is 0.120 e. The molecule has 0 aliphatic carbocycles. The summed E-state index contributed by atoms with van der Waals surface area (Å²) < 4.78 is 0. The van der Waals surface area contributed by atoms with Crippen LogP contribution in [0.15, 0.2) is 0 Å². The van der Waals surface area contributed by atoms with Gasteiger partial charge in [-0.1, -0.05) is 27.2 Å². The molecule has 0 heterocycles. The first-order valence-electron chi connectivity index (χ1n) is 4.16. The minimum atomic E-state index is 0.467. The van der Waals surface area contributed by atoms with Crippen molar-refractivity contribution < 1.29 is 0 Å². The highest BCUT2D eigenvalue weighted by Gasteiger charge is 2.01. The number of hydrogen-bond acceptors (Lipinski definition) is 0. The maximum atomic E-state index is 5.25. The number of hydrogen-bond donors (Lipinski definition) is 0. The molecule has 0 aromatic heterocycles. The van der Waals surface area contributed by atoms with Gasteiger partial charge < -0.3 is 0 Å². The highest BCUT2D eigenvalue weighted by atomic mass is 14.1. The van der Waals surface area contributed by atoms with E-state index >= 15 is 0 Å². The van der Waals surface area contributed by atoms with Crippen LogP contribution in [0.4, 0.5) is 0 Å². The van der Waals surface area contributed by atoms with Gasteiger partial charge in [0.1, 0.15) is 0 Å². The van der Waals surface area contributed by atoms with Gasteiger partial charge in [-0.15, -0.1) is 12.3 Å². The maximum absolute atomic E-state index is 5.25. The highest BCUT2D eigenvalue weighted by Crippen LogP contribution is 2.13. The van der Waals surface area contributed by atoms with Crippen molar-refractivity contribution in [1.29, 1.82) is 0 Å². The molecule has 2 atom stereocenters. The fraction of sp³-hybridized carbons (Fsp3) is 0.800. The lowest BCUT2D eigenvalue weighted by molar-refractivity contribution is 0.465. The Bertz CT molecular complexity index is 108. The lowest BCUT2D eigenvalue weighted by Crippen LogP contribution is -1.96. The summed E-state index contributed by atoms with van der Waals surface area (Å²) in [7, 11) is 0. The Morgan fingerprint density at radius 2 is 1.90 bits per heavy atom. The molecule has 0 saturated carbocycles. The quantitative estimate of drug-likeness (QED) is 0.524. The predicted octanol–water partition coefficient (Wildman–Crippen LogP) is 3.08. The van der Waals surface area contributed by atoms with Gasteiger partial charge in [-0.2, -0.15) is 0 Å². The normalized spacial score (nSPS) is 15.8. The number of rotatable bonds is 4. The Hall–Kier alpha value is -0.440. The van der Waals surface area contributed by atoms with Crippen molar-refractivity contribution in [2.45, 2.75) is 40.0 Å². The smallest absolute Gasteiger partial charge is 0.0172 e. The molecule has 0 heteroatoms. The molecule has 10 heavy (non-hydrogen) atoms. The Labute approximate surface area is 65.0 Å². The summed E-state index contributed by atoms with van der Waals surface area (Å²) in [6.45, 7) is 6.62. The third-order valence-corrected chi connectivity index (χ3v) is 2.07. The monoisotopic (exact) mass is 138 g/mol. The third-order valence-electron chi connectivity index (χ3n) is 2.07. The van der Waals surface area contributed by atoms with Crippen LogP contribution in [0.2, 0.25) is 0 Å². The van der Waals surface area contributed by atoms with Crippen LogP contribution in [0.5, 0.6) is 0 Å². The Morgan fingerprint density at radius 1 is 1.30 bits per heavy atom. The molecule has 0 rings (SSSR count). The molecule has 0 spiro atoms. The van der Waals surface area contributed by atoms with Crippen LogP contribution in [0.1, 0.15) is 40.0 Å². The van der Waals surface area contributed by atoms with Crippen LogP contribution in [-0.2, 0) is 0 Å². The molecule has 2 unspecified atom stereocenters. The van der Waals surface area contributed by atoms with Crippen molar-refractivity contribution in [3.63, 3.8) is 0 Å². The van der Waals surface area contributed by atoms with Gasteiger partial charge >= 0.3 is 0 Å². The van der Waals surface area contributed by atoms with Crippen LogP contribution in [-0.4, -0.2) is 0 Å². The summed E-state index contributed by atoms with van der Waals surface area (Å²) in [5, 5.41) is 0. The SMILES string of the molecule is C#CC(C)CCC(C)CC. The first kappa shape index (κ1) is 9.56. The van der Waals surface area contributed by atoms with Gasteiger partial charge in [-0.05, 0) is 18.8 Å². The van der Waals surface area contributed by atoms with E-state index in [1.54, 1.807) is 0 Å². The molecule has 0 radical (unpaired) electrons. The van der Waals surface area contributed by atoms with Gasteiger partial charge in [0.05, 0.1) is 0 Å². The molecule has 58 valence electrons. The van der Waals surface area contributed by atoms with E-state index in [1.807, 2.05) is 0 Å². The minimum Gasteiger partial charge on any atom is -0.120 e. The van der Waals surface area contributed by atoms with Crippen LogP contribution in [0, 0.1) is 24.2 Å². The number of terminal acetylenes is 1. The van der Waals surface area contributed by atoms with Gasteiger partial charge in [-0.3, -0.25) is 0 Å². The van der Waals surface area contributed by atoms with Gasteiger partial charge in [-0.25, -0.2) is 0 Å². The Morgan fingerprint density at radius 3 is 2.30 bits per heavy atom. The first-order chi connectivity index (χ1) is 4.70. The minimum absolute atomic E-state index is 0.467. The van der Waals surface area contributed by atoms with E-state index in [1.165, 1.54) is 19.3 Å². The van der Waals surface area contributed by atoms with Crippen molar-refractivity contribution >= 4 is 0 Å². The van der Waals surface area contributed by atoms with Gasteiger partial charge in [0.25, 0.3) is 0 Å². The Balaban J connectivity index is 3.28. The molecule has 0 bridgehead atoms. The predicted molar refractivity (Wildman–Crippen MR) is 46.7 cm³/mol. The van der Waals surface area contributed by atoms with Crippen LogP contribution in [0.25, 0.3) is 0 Å². The summed E-state index contributed by atoms with van der Waals surface area (Å²) in [4.78, 5) is 0. The third kappa shape index (κ3) is 4.44. The molecule has 0 aliphatic rings. The van der Waals surface area contributed by atoms with E-state index < -0.39 is 0 Å². The summed E-state index contributed by atoms with van der Waals surface area (Å²) in [6.07, 6.45) is 8.99. The van der Waals surface area contributed by atoms with E-state index in [2.05, 4.69) is 26.7 Å². The van der Waals surface area contributed by atoms with Crippen LogP contribution >= 0.6 is 0 Å². The van der Waals surface area contributed by atoms with E-state index in [4.69, 9.17) is 6.42 Å². The fourth-order valence-electron chi connectivity index (χ4n) is 0.822. The molecular formula is C10H18. The van der Waals surface area contributed by atoms with Crippen molar-refractivity contribution in [2.24, 2.45) is 11.8 Å². The van der Waals surface area contributed by atoms with Gasteiger partial charge in [0.2, 0.25) is 0 Å². The van der Waals surface area contributed by atoms with E-state index in [9.17, 15) is 0 Å². The van der Waals surface area contributed by atoms with Gasteiger partial charge in [0, 0.05) is 5.92 Å². The van der Waals surface area contributed by atoms with E-state index in [0.717, 1.165) is 5.92 Å². The van der Waals surface area contributed by atoms with E-state index in [-0.39, 0.29) is 0 Å². The molecule has 0 aromatic carbocycles. The van der Waals surface area contributed by atoms with Crippen molar-refractivity contribution in [1.82, 2.24) is 0 Å². The summed E-state index contributed by atoms with van der Waals surface area (Å²) in [5.74, 6) is 4.05. The van der Waals surface area contributed by atoms with Crippen molar-refractivity contribution in [3.8, 4) is 12.3 Å². The molecule has 0 N–H and O–H groups in total. The maximum Gasteiger partial charge on any atom is 0.0172 e. The Kier molecular flexibility index (Phi) is 5.12. The van der Waals surface area contributed by atoms with Gasteiger partial charge in [0.15, 0.2) is 0 Å². The fourth-order valence-corrected chi connectivity index (χ4v) is 0.822. The second-order valence-electron chi connectivity index (χ2n) is 3.16. The van der Waals surface area contributed by atoms with Crippen molar-refractivity contribution in [2.75, 3.05) is 0 Å². The zero-order chi connectivity index (χ0) is 7.98. The highest BCUT2D eigenvalue weighted by molar-refractivity contribution is 4.89. The molecule has 0 aromatic rings. The molecule has 0 fully saturated rings. The van der Waals surface area contributed by atoms with Crippen molar-refractivity contribution in [3.05, 3.63) is 0 Å². The summed E-state index contributed by atoms with van der Waals surface area (Å²) in [5.41, 5.74) is 0. The summed E-state index contributed by atoms with van der Waals surface area (Å²) in [6, 6.07) is 0. The topological polar surface area (TPSA) is 0 Å². The lowest BCUT2D eigenvalue weighted by atomic mass is 9.97. The second kappa shape index (κ2) is 5.35. The van der Waals surface area contributed by atoms with Crippen LogP contribution in [0.3, 0.4) is 0 Å². The zero-order valence-electron chi connectivity index (χ0n) is 7.35.